The van der Waals surface area contributed by atoms with E-state index in [0.29, 0.717) is 18.1 Å². The number of aliphatic imine (C=N–C) groups is 1. The molecule has 0 saturated carbocycles. The van der Waals surface area contributed by atoms with Crippen molar-refractivity contribution in [3.63, 3.8) is 0 Å². The van der Waals surface area contributed by atoms with Crippen molar-refractivity contribution in [1.82, 2.24) is 15.1 Å². The van der Waals surface area contributed by atoms with Gasteiger partial charge in [-0.15, -0.1) is 24.0 Å². The first-order valence-corrected chi connectivity index (χ1v) is 10.2. The van der Waals surface area contributed by atoms with E-state index in [9.17, 15) is 0 Å². The van der Waals surface area contributed by atoms with Gasteiger partial charge >= 0.3 is 0 Å². The van der Waals surface area contributed by atoms with Gasteiger partial charge < -0.3 is 15.0 Å². The van der Waals surface area contributed by atoms with Gasteiger partial charge in [-0.1, -0.05) is 6.42 Å². The quantitative estimate of drug-likeness (QED) is 0.390. The molecule has 6 unspecified atom stereocenters. The average Bonchev–Trinajstić information content (AvgIpc) is 3.35. The molecule has 5 saturated heterocycles. The third-order valence-electron chi connectivity index (χ3n) is 7.38. The Morgan fingerprint density at radius 2 is 2.08 bits per heavy atom. The van der Waals surface area contributed by atoms with E-state index in [1.165, 1.54) is 64.7 Å². The molecule has 0 amide bonds. The van der Waals surface area contributed by atoms with E-state index in [1.807, 2.05) is 7.05 Å². The molecule has 0 aliphatic carbocycles. The molecule has 25 heavy (non-hydrogen) atoms. The molecule has 5 heterocycles. The summed E-state index contributed by atoms with van der Waals surface area (Å²) in [5.41, 5.74) is 0. The van der Waals surface area contributed by atoms with Crippen LogP contribution in [0.3, 0.4) is 0 Å². The monoisotopic (exact) mass is 460 g/mol. The number of piperidine rings is 1. The largest absolute Gasteiger partial charge is 0.375 e. The summed E-state index contributed by atoms with van der Waals surface area (Å²) in [5.74, 6) is 3.55. The van der Waals surface area contributed by atoms with Crippen LogP contribution in [0.1, 0.15) is 38.5 Å². The molecule has 0 aromatic carbocycles. The van der Waals surface area contributed by atoms with Crippen LogP contribution in [0, 0.1) is 17.8 Å². The predicted molar refractivity (Wildman–Crippen MR) is 111 cm³/mol. The molecular formula is C19H33IN4O. The highest BCUT2D eigenvalue weighted by molar-refractivity contribution is 14.0. The minimum Gasteiger partial charge on any atom is -0.375 e. The average molecular weight is 460 g/mol. The van der Waals surface area contributed by atoms with Crippen LogP contribution < -0.4 is 5.32 Å². The first-order valence-electron chi connectivity index (χ1n) is 10.2. The summed E-state index contributed by atoms with van der Waals surface area (Å²) >= 11 is 0. The van der Waals surface area contributed by atoms with E-state index in [1.54, 1.807) is 0 Å². The Morgan fingerprint density at radius 1 is 1.16 bits per heavy atom. The summed E-state index contributed by atoms with van der Waals surface area (Å²) in [7, 11) is 1.95. The molecule has 2 bridgehead atoms. The second-order valence-electron chi connectivity index (χ2n) is 8.68. The van der Waals surface area contributed by atoms with E-state index in [0.717, 1.165) is 30.4 Å². The molecule has 5 aliphatic rings. The van der Waals surface area contributed by atoms with Gasteiger partial charge in [0.2, 0.25) is 0 Å². The molecule has 142 valence electrons. The van der Waals surface area contributed by atoms with Crippen LogP contribution in [0.4, 0.5) is 0 Å². The van der Waals surface area contributed by atoms with Gasteiger partial charge in [0.15, 0.2) is 5.96 Å². The lowest BCUT2D eigenvalue weighted by Crippen LogP contribution is -2.46. The molecule has 5 fully saturated rings. The highest BCUT2D eigenvalue weighted by atomic mass is 127. The second-order valence-corrected chi connectivity index (χ2v) is 8.68. The van der Waals surface area contributed by atoms with Gasteiger partial charge in [-0.25, -0.2) is 0 Å². The Balaban J connectivity index is 0.00000157. The fourth-order valence-electron chi connectivity index (χ4n) is 6.24. The van der Waals surface area contributed by atoms with Gasteiger partial charge in [0.25, 0.3) is 0 Å². The molecule has 1 N–H and O–H groups in total. The number of fused-ring (bicyclic) bond motifs is 5. The Kier molecular flexibility index (Phi) is 5.49. The number of rotatable bonds is 2. The Hall–Kier alpha value is -0.0800. The van der Waals surface area contributed by atoms with Crippen molar-refractivity contribution in [2.45, 2.75) is 56.8 Å². The third kappa shape index (κ3) is 3.31. The third-order valence-corrected chi connectivity index (χ3v) is 7.38. The van der Waals surface area contributed by atoms with E-state index >= 15 is 0 Å². The number of hydrogen-bond donors (Lipinski definition) is 1. The molecule has 0 aromatic heterocycles. The predicted octanol–water partition coefficient (Wildman–Crippen LogP) is 2.16. The fraction of sp³-hybridized carbons (Fsp3) is 0.947. The summed E-state index contributed by atoms with van der Waals surface area (Å²) in [6.07, 6.45) is 9.11. The van der Waals surface area contributed by atoms with E-state index < -0.39 is 0 Å². The van der Waals surface area contributed by atoms with Crippen molar-refractivity contribution < 1.29 is 4.74 Å². The lowest BCUT2D eigenvalue weighted by Gasteiger charge is -2.33. The van der Waals surface area contributed by atoms with Gasteiger partial charge in [0, 0.05) is 45.2 Å². The number of guanidine groups is 1. The fourth-order valence-corrected chi connectivity index (χ4v) is 6.24. The lowest BCUT2D eigenvalue weighted by molar-refractivity contribution is 0.0929. The molecule has 0 aromatic rings. The van der Waals surface area contributed by atoms with Gasteiger partial charge in [-0.05, 0) is 50.5 Å². The maximum Gasteiger partial charge on any atom is 0.193 e. The van der Waals surface area contributed by atoms with Crippen LogP contribution in [0.5, 0.6) is 0 Å². The van der Waals surface area contributed by atoms with Crippen LogP contribution in [-0.2, 0) is 4.74 Å². The van der Waals surface area contributed by atoms with Crippen LogP contribution in [0.15, 0.2) is 4.99 Å². The number of likely N-dealkylation sites (tertiary alicyclic amines) is 1. The van der Waals surface area contributed by atoms with Gasteiger partial charge in [0.05, 0.1) is 12.2 Å². The number of hydrogen-bond acceptors (Lipinski definition) is 3. The van der Waals surface area contributed by atoms with E-state index in [-0.39, 0.29) is 24.0 Å². The van der Waals surface area contributed by atoms with E-state index in [4.69, 9.17) is 4.74 Å². The summed E-state index contributed by atoms with van der Waals surface area (Å²) in [6.45, 7) is 6.11. The van der Waals surface area contributed by atoms with E-state index in [2.05, 4.69) is 20.1 Å². The maximum absolute atomic E-state index is 6.00. The minimum absolute atomic E-state index is 0. The summed E-state index contributed by atoms with van der Waals surface area (Å²) < 4.78 is 6.00. The smallest absolute Gasteiger partial charge is 0.193 e. The summed E-state index contributed by atoms with van der Waals surface area (Å²) in [4.78, 5) is 9.92. The summed E-state index contributed by atoms with van der Waals surface area (Å²) in [5, 5.41) is 3.68. The van der Waals surface area contributed by atoms with Crippen molar-refractivity contribution in [2.24, 2.45) is 22.7 Å². The molecule has 6 atom stereocenters. The van der Waals surface area contributed by atoms with Crippen LogP contribution in [0.25, 0.3) is 0 Å². The zero-order valence-electron chi connectivity index (χ0n) is 15.4. The minimum atomic E-state index is 0. The summed E-state index contributed by atoms with van der Waals surface area (Å²) in [6, 6.07) is 0.853. The molecule has 5 nitrogen and oxygen atoms in total. The lowest BCUT2D eigenvalue weighted by atomic mass is 9.89. The molecule has 5 aliphatic heterocycles. The molecule has 5 rings (SSSR count). The zero-order valence-corrected chi connectivity index (χ0v) is 17.7. The number of nitrogens with one attached hydrogen (secondary N) is 1. The Morgan fingerprint density at radius 3 is 2.84 bits per heavy atom. The molecule has 6 heteroatoms. The Labute approximate surface area is 169 Å². The Bertz CT molecular complexity index is 516. The SMILES string of the molecule is CN=C(NCC1CC2CCC1O2)N1CC2CN3CCCCC3C2C1.I. The van der Waals surface area contributed by atoms with Crippen LogP contribution in [-0.4, -0.2) is 73.8 Å². The van der Waals surface area contributed by atoms with Crippen LogP contribution >= 0.6 is 24.0 Å². The first kappa shape index (κ1) is 18.3. The van der Waals surface area contributed by atoms with Gasteiger partial charge in [0.1, 0.15) is 0 Å². The van der Waals surface area contributed by atoms with Gasteiger partial charge in [-0.3, -0.25) is 9.89 Å². The topological polar surface area (TPSA) is 40.1 Å². The first-order chi connectivity index (χ1) is 11.8. The zero-order chi connectivity index (χ0) is 16.1. The highest BCUT2D eigenvalue weighted by Crippen LogP contribution is 2.41. The highest BCUT2D eigenvalue weighted by Gasteiger charge is 2.48. The van der Waals surface area contributed by atoms with Crippen LogP contribution in [0.2, 0.25) is 0 Å². The molecule has 0 radical (unpaired) electrons. The van der Waals surface area contributed by atoms with Crippen molar-refractivity contribution in [3.8, 4) is 0 Å². The molecule has 0 spiro atoms. The number of halogens is 1. The maximum atomic E-state index is 6.00. The van der Waals surface area contributed by atoms with Crippen molar-refractivity contribution in [1.29, 1.82) is 0 Å². The normalized spacial score (nSPS) is 43.1. The number of nitrogens with zero attached hydrogens (tertiary/aromatic N) is 3. The van der Waals surface area contributed by atoms with Crippen molar-refractivity contribution >= 4 is 29.9 Å². The standard InChI is InChI=1S/C19H32N4O.HI/c1-20-19(21-9-13-8-15-5-6-18(13)24-15)23-11-14-10-22-7-3-2-4-17(22)16(14)12-23;/h13-18H,2-12H2,1H3,(H,20,21);1H. The van der Waals surface area contributed by atoms with Crippen molar-refractivity contribution in [2.75, 3.05) is 39.8 Å². The molecular weight excluding hydrogens is 427 g/mol. The number of ether oxygens (including phenoxy) is 1. The van der Waals surface area contributed by atoms with Crippen molar-refractivity contribution in [3.05, 3.63) is 0 Å². The van der Waals surface area contributed by atoms with Gasteiger partial charge in [-0.2, -0.15) is 0 Å². The second kappa shape index (κ2) is 7.50.